The third-order valence-electron chi connectivity index (χ3n) is 4.88. The summed E-state index contributed by atoms with van der Waals surface area (Å²) in [6.07, 6.45) is 0. The highest BCUT2D eigenvalue weighted by Gasteiger charge is 2.23. The van der Waals surface area contributed by atoms with Gasteiger partial charge < -0.3 is 19.9 Å². The first-order valence-corrected chi connectivity index (χ1v) is 9.52. The molecule has 3 aromatic rings. The summed E-state index contributed by atoms with van der Waals surface area (Å²) in [6.45, 7) is 2.68. The van der Waals surface area contributed by atoms with Crippen molar-refractivity contribution in [3.05, 3.63) is 59.6 Å². The summed E-state index contributed by atoms with van der Waals surface area (Å²) >= 11 is 6.29. The number of nitrogens with one attached hydrogen (secondary N) is 1. The Morgan fingerprint density at radius 1 is 1.07 bits per heavy atom. The Morgan fingerprint density at radius 3 is 2.54 bits per heavy atom. The van der Waals surface area contributed by atoms with E-state index >= 15 is 0 Å². The number of pyridine rings is 1. The first-order chi connectivity index (χ1) is 13.7. The van der Waals surface area contributed by atoms with Gasteiger partial charge >= 0.3 is 6.03 Å². The SMILES string of the molecule is COc1nc2ccccc2cc1NC(=O)N1CCN(c2ccccc2Cl)CC1. The topological polar surface area (TPSA) is 57.7 Å². The van der Waals surface area contributed by atoms with Crippen LogP contribution in [0.2, 0.25) is 5.02 Å². The zero-order chi connectivity index (χ0) is 19.5. The molecule has 1 aliphatic heterocycles. The number of anilines is 2. The van der Waals surface area contributed by atoms with Crippen LogP contribution in [0.25, 0.3) is 10.9 Å². The standard InChI is InChI=1S/C21H21ClN4O2/c1-28-20-18(14-15-6-2-4-8-17(15)23-20)24-21(27)26-12-10-25(11-13-26)19-9-5-3-7-16(19)22/h2-9,14H,10-13H2,1H3,(H,24,27). The molecule has 0 spiro atoms. The molecule has 2 heterocycles. The van der Waals surface area contributed by atoms with Crippen LogP contribution < -0.4 is 15.0 Å². The smallest absolute Gasteiger partial charge is 0.322 e. The molecule has 144 valence electrons. The van der Waals surface area contributed by atoms with Gasteiger partial charge in [0.15, 0.2) is 0 Å². The monoisotopic (exact) mass is 396 g/mol. The Balaban J connectivity index is 1.45. The summed E-state index contributed by atoms with van der Waals surface area (Å²) in [6, 6.07) is 17.2. The highest BCUT2D eigenvalue weighted by atomic mass is 35.5. The highest BCUT2D eigenvalue weighted by molar-refractivity contribution is 6.33. The maximum Gasteiger partial charge on any atom is 0.322 e. The van der Waals surface area contributed by atoms with Crippen molar-refractivity contribution in [3.8, 4) is 5.88 Å². The van der Waals surface area contributed by atoms with E-state index in [9.17, 15) is 4.79 Å². The van der Waals surface area contributed by atoms with E-state index in [-0.39, 0.29) is 6.03 Å². The predicted octanol–water partition coefficient (Wildman–Crippen LogP) is 4.25. The van der Waals surface area contributed by atoms with E-state index in [4.69, 9.17) is 16.3 Å². The van der Waals surface area contributed by atoms with E-state index in [0.29, 0.717) is 24.7 Å². The first kappa shape index (κ1) is 18.4. The number of urea groups is 1. The van der Waals surface area contributed by atoms with Crippen molar-refractivity contribution < 1.29 is 9.53 Å². The number of hydrogen-bond acceptors (Lipinski definition) is 4. The van der Waals surface area contributed by atoms with Crippen LogP contribution in [0, 0.1) is 0 Å². The maximum absolute atomic E-state index is 12.8. The molecule has 1 N–H and O–H groups in total. The largest absolute Gasteiger partial charge is 0.479 e. The van der Waals surface area contributed by atoms with Crippen molar-refractivity contribution in [2.45, 2.75) is 0 Å². The fourth-order valence-electron chi connectivity index (χ4n) is 3.40. The summed E-state index contributed by atoms with van der Waals surface area (Å²) < 4.78 is 5.36. The minimum Gasteiger partial charge on any atom is -0.479 e. The quantitative estimate of drug-likeness (QED) is 0.719. The minimum absolute atomic E-state index is 0.158. The van der Waals surface area contributed by atoms with Crippen LogP contribution in [0.4, 0.5) is 16.2 Å². The van der Waals surface area contributed by atoms with E-state index in [2.05, 4.69) is 15.2 Å². The maximum atomic E-state index is 12.8. The predicted molar refractivity (Wildman–Crippen MR) is 113 cm³/mol. The molecular weight excluding hydrogens is 376 g/mol. The molecule has 6 nitrogen and oxygen atoms in total. The third kappa shape index (κ3) is 3.68. The number of piperazine rings is 1. The molecule has 0 atom stereocenters. The number of aromatic nitrogens is 1. The van der Waals surface area contributed by atoms with Gasteiger partial charge in [-0.05, 0) is 24.3 Å². The second-order valence-corrected chi connectivity index (χ2v) is 7.00. The van der Waals surface area contributed by atoms with E-state index in [0.717, 1.165) is 34.7 Å². The summed E-state index contributed by atoms with van der Waals surface area (Å²) in [4.78, 5) is 21.2. The van der Waals surface area contributed by atoms with E-state index in [1.165, 1.54) is 0 Å². The fourth-order valence-corrected chi connectivity index (χ4v) is 3.65. The fraction of sp³-hybridized carbons (Fsp3) is 0.238. The van der Waals surface area contributed by atoms with Gasteiger partial charge in [0.05, 0.1) is 23.3 Å². The molecule has 1 fully saturated rings. The van der Waals surface area contributed by atoms with Crippen molar-refractivity contribution in [3.63, 3.8) is 0 Å². The third-order valence-corrected chi connectivity index (χ3v) is 5.20. The molecule has 1 aliphatic rings. The molecule has 0 bridgehead atoms. The van der Waals surface area contributed by atoms with Crippen molar-refractivity contribution in [2.75, 3.05) is 43.5 Å². The molecule has 0 saturated carbocycles. The molecule has 4 rings (SSSR count). The van der Waals surface area contributed by atoms with Crippen LogP contribution in [0.15, 0.2) is 54.6 Å². The Morgan fingerprint density at radius 2 is 1.79 bits per heavy atom. The van der Waals surface area contributed by atoms with Gasteiger partial charge in [0.1, 0.15) is 5.69 Å². The minimum atomic E-state index is -0.158. The highest BCUT2D eigenvalue weighted by Crippen LogP contribution is 2.28. The Labute approximate surface area is 168 Å². The number of carbonyl (C=O) groups excluding carboxylic acids is 1. The molecule has 1 saturated heterocycles. The molecule has 0 aliphatic carbocycles. The van der Waals surface area contributed by atoms with Crippen molar-refractivity contribution in [1.29, 1.82) is 0 Å². The van der Waals surface area contributed by atoms with Crippen LogP contribution >= 0.6 is 11.6 Å². The number of benzene rings is 2. The molecule has 1 aromatic heterocycles. The lowest BCUT2D eigenvalue weighted by Crippen LogP contribution is -2.50. The number of fused-ring (bicyclic) bond motifs is 1. The number of para-hydroxylation sites is 2. The van der Waals surface area contributed by atoms with Crippen LogP contribution in [-0.2, 0) is 0 Å². The Hall–Kier alpha value is -2.99. The number of ether oxygens (including phenoxy) is 1. The van der Waals surface area contributed by atoms with Crippen molar-refractivity contribution >= 4 is 39.9 Å². The molecular formula is C21H21ClN4O2. The Bertz CT molecular complexity index is 1000. The van der Waals surface area contributed by atoms with Gasteiger partial charge in [-0.3, -0.25) is 0 Å². The van der Waals surface area contributed by atoms with E-state index in [1.807, 2.05) is 54.6 Å². The van der Waals surface area contributed by atoms with E-state index in [1.54, 1.807) is 12.0 Å². The molecule has 7 heteroatoms. The molecule has 0 radical (unpaired) electrons. The number of carbonyl (C=O) groups is 1. The second-order valence-electron chi connectivity index (χ2n) is 6.59. The van der Waals surface area contributed by atoms with Crippen LogP contribution in [0.1, 0.15) is 0 Å². The zero-order valence-electron chi connectivity index (χ0n) is 15.6. The Kier molecular flexibility index (Phi) is 5.21. The van der Waals surface area contributed by atoms with Gasteiger partial charge in [-0.2, -0.15) is 0 Å². The van der Waals surface area contributed by atoms with Gasteiger partial charge in [0.2, 0.25) is 5.88 Å². The number of amides is 2. The molecule has 0 unspecified atom stereocenters. The molecule has 2 amide bonds. The normalized spacial score (nSPS) is 14.2. The summed E-state index contributed by atoms with van der Waals surface area (Å²) in [5.74, 6) is 0.404. The number of halogens is 1. The lowest BCUT2D eigenvalue weighted by Gasteiger charge is -2.36. The summed E-state index contributed by atoms with van der Waals surface area (Å²) in [5, 5.41) is 4.62. The lowest BCUT2D eigenvalue weighted by atomic mass is 10.2. The second kappa shape index (κ2) is 7.94. The van der Waals surface area contributed by atoms with Gasteiger partial charge in [0, 0.05) is 31.6 Å². The number of hydrogen-bond donors (Lipinski definition) is 1. The van der Waals surface area contributed by atoms with Gasteiger partial charge in [-0.15, -0.1) is 0 Å². The summed E-state index contributed by atoms with van der Waals surface area (Å²) in [5.41, 5.74) is 2.40. The average molecular weight is 397 g/mol. The lowest BCUT2D eigenvalue weighted by molar-refractivity contribution is 0.208. The molecule has 2 aromatic carbocycles. The van der Waals surface area contributed by atoms with Crippen LogP contribution in [0.3, 0.4) is 0 Å². The number of nitrogens with zero attached hydrogens (tertiary/aromatic N) is 3. The average Bonchev–Trinajstić information content (AvgIpc) is 2.73. The first-order valence-electron chi connectivity index (χ1n) is 9.15. The van der Waals surface area contributed by atoms with Crippen molar-refractivity contribution in [1.82, 2.24) is 9.88 Å². The number of methoxy groups -OCH3 is 1. The van der Waals surface area contributed by atoms with Gasteiger partial charge in [-0.25, -0.2) is 9.78 Å². The van der Waals surface area contributed by atoms with E-state index < -0.39 is 0 Å². The molecule has 28 heavy (non-hydrogen) atoms. The van der Waals surface area contributed by atoms with Gasteiger partial charge in [0.25, 0.3) is 0 Å². The van der Waals surface area contributed by atoms with Crippen molar-refractivity contribution in [2.24, 2.45) is 0 Å². The van der Waals surface area contributed by atoms with Gasteiger partial charge in [-0.1, -0.05) is 41.9 Å². The summed E-state index contributed by atoms with van der Waals surface area (Å²) in [7, 11) is 1.55. The van der Waals surface area contributed by atoms with Crippen LogP contribution in [-0.4, -0.2) is 49.2 Å². The number of rotatable bonds is 3. The van der Waals surface area contributed by atoms with Crippen LogP contribution in [0.5, 0.6) is 5.88 Å². The zero-order valence-corrected chi connectivity index (χ0v) is 16.3.